The third-order valence-corrected chi connectivity index (χ3v) is 3.48. The van der Waals surface area contributed by atoms with E-state index < -0.39 is 0 Å². The molecule has 2 heterocycles. The van der Waals surface area contributed by atoms with E-state index in [-0.39, 0.29) is 0 Å². The number of pyridine rings is 2. The summed E-state index contributed by atoms with van der Waals surface area (Å²) in [4.78, 5) is 8.60. The van der Waals surface area contributed by atoms with Crippen molar-refractivity contribution < 1.29 is 0 Å². The van der Waals surface area contributed by atoms with Crippen LogP contribution in [0.15, 0.2) is 48.9 Å². The van der Waals surface area contributed by atoms with Crippen molar-refractivity contribution in [3.8, 4) is 0 Å². The van der Waals surface area contributed by atoms with E-state index in [0.29, 0.717) is 11.8 Å². The van der Waals surface area contributed by atoms with Crippen molar-refractivity contribution in [3.05, 3.63) is 60.2 Å². The van der Waals surface area contributed by atoms with E-state index in [4.69, 9.17) is 0 Å². The summed E-state index contributed by atoms with van der Waals surface area (Å²) in [6, 6.07) is 10.3. The van der Waals surface area contributed by atoms with Crippen LogP contribution in [0.4, 0.5) is 0 Å². The zero-order valence-corrected chi connectivity index (χ0v) is 11.1. The molecule has 2 aromatic heterocycles. The fraction of sp³-hybridized carbons (Fsp3) is 0.375. The van der Waals surface area contributed by atoms with Gasteiger partial charge in [-0.1, -0.05) is 26.0 Å². The SMILES string of the molecule is CC(CC[C@@H](C)c1cccnc1)c1ccccn1. The lowest BCUT2D eigenvalue weighted by Gasteiger charge is -2.15. The van der Waals surface area contributed by atoms with Crippen LogP contribution in [0.5, 0.6) is 0 Å². The van der Waals surface area contributed by atoms with Crippen LogP contribution in [-0.4, -0.2) is 9.97 Å². The third kappa shape index (κ3) is 3.39. The fourth-order valence-corrected chi connectivity index (χ4v) is 2.15. The Labute approximate surface area is 109 Å². The number of rotatable bonds is 5. The van der Waals surface area contributed by atoms with E-state index in [1.54, 1.807) is 0 Å². The summed E-state index contributed by atoms with van der Waals surface area (Å²) in [5.41, 5.74) is 2.52. The molecule has 0 aliphatic rings. The summed E-state index contributed by atoms with van der Waals surface area (Å²) in [6.07, 6.45) is 8.00. The molecule has 2 rings (SSSR count). The van der Waals surface area contributed by atoms with Gasteiger partial charge in [-0.05, 0) is 48.4 Å². The second-order valence-electron chi connectivity index (χ2n) is 4.92. The van der Waals surface area contributed by atoms with Crippen LogP contribution in [0.2, 0.25) is 0 Å². The molecule has 0 amide bonds. The third-order valence-electron chi connectivity index (χ3n) is 3.48. The minimum atomic E-state index is 0.519. The minimum absolute atomic E-state index is 0.519. The highest BCUT2D eigenvalue weighted by Gasteiger charge is 2.10. The summed E-state index contributed by atoms with van der Waals surface area (Å²) >= 11 is 0. The molecule has 94 valence electrons. The lowest BCUT2D eigenvalue weighted by molar-refractivity contribution is 0.564. The number of aromatic nitrogens is 2. The molecule has 0 aliphatic heterocycles. The van der Waals surface area contributed by atoms with Crippen LogP contribution in [0.25, 0.3) is 0 Å². The van der Waals surface area contributed by atoms with Gasteiger partial charge in [0.15, 0.2) is 0 Å². The summed E-state index contributed by atoms with van der Waals surface area (Å²) in [7, 11) is 0. The maximum Gasteiger partial charge on any atom is 0.0431 e. The largest absolute Gasteiger partial charge is 0.264 e. The van der Waals surface area contributed by atoms with Crippen LogP contribution >= 0.6 is 0 Å². The van der Waals surface area contributed by atoms with Crippen LogP contribution in [0.1, 0.15) is 49.8 Å². The highest BCUT2D eigenvalue weighted by Crippen LogP contribution is 2.25. The predicted molar refractivity (Wildman–Crippen MR) is 74.5 cm³/mol. The van der Waals surface area contributed by atoms with Crippen LogP contribution in [0.3, 0.4) is 0 Å². The maximum atomic E-state index is 4.42. The van der Waals surface area contributed by atoms with Gasteiger partial charge in [-0.25, -0.2) is 0 Å². The van der Waals surface area contributed by atoms with Crippen molar-refractivity contribution in [2.45, 2.75) is 38.5 Å². The van der Waals surface area contributed by atoms with E-state index in [9.17, 15) is 0 Å². The van der Waals surface area contributed by atoms with Gasteiger partial charge in [-0.2, -0.15) is 0 Å². The van der Waals surface area contributed by atoms with E-state index in [1.807, 2.05) is 30.7 Å². The molecule has 0 saturated heterocycles. The van der Waals surface area contributed by atoms with Gasteiger partial charge in [0.05, 0.1) is 0 Å². The van der Waals surface area contributed by atoms with E-state index in [2.05, 4.69) is 42.0 Å². The Morgan fingerprint density at radius 2 is 1.78 bits per heavy atom. The second kappa shape index (κ2) is 6.29. The molecule has 0 bridgehead atoms. The first-order valence-electron chi connectivity index (χ1n) is 6.58. The average molecular weight is 240 g/mol. The van der Waals surface area contributed by atoms with Gasteiger partial charge < -0.3 is 0 Å². The molecular weight excluding hydrogens is 220 g/mol. The highest BCUT2D eigenvalue weighted by molar-refractivity contribution is 5.14. The summed E-state index contributed by atoms with van der Waals surface area (Å²) in [5, 5.41) is 0. The lowest BCUT2D eigenvalue weighted by atomic mass is 9.92. The summed E-state index contributed by atoms with van der Waals surface area (Å²) in [5.74, 6) is 1.08. The molecule has 0 radical (unpaired) electrons. The zero-order chi connectivity index (χ0) is 12.8. The Balaban J connectivity index is 1.89. The summed E-state index contributed by atoms with van der Waals surface area (Å²) in [6.45, 7) is 4.51. The predicted octanol–water partition coefficient (Wildman–Crippen LogP) is 4.16. The van der Waals surface area contributed by atoms with Gasteiger partial charge in [0.1, 0.15) is 0 Å². The highest BCUT2D eigenvalue weighted by atomic mass is 14.7. The molecule has 0 spiro atoms. The van der Waals surface area contributed by atoms with Gasteiger partial charge in [-0.3, -0.25) is 9.97 Å². The van der Waals surface area contributed by atoms with Crippen molar-refractivity contribution in [1.82, 2.24) is 9.97 Å². The molecule has 18 heavy (non-hydrogen) atoms. The average Bonchev–Trinajstić information content (AvgIpc) is 2.46. The van der Waals surface area contributed by atoms with Gasteiger partial charge in [0, 0.05) is 24.3 Å². The molecule has 1 unspecified atom stereocenters. The van der Waals surface area contributed by atoms with E-state index >= 15 is 0 Å². The first kappa shape index (κ1) is 12.7. The monoisotopic (exact) mass is 240 g/mol. The van der Waals surface area contributed by atoms with Crippen LogP contribution in [-0.2, 0) is 0 Å². The van der Waals surface area contributed by atoms with Gasteiger partial charge >= 0.3 is 0 Å². The Kier molecular flexibility index (Phi) is 4.46. The van der Waals surface area contributed by atoms with Crippen molar-refractivity contribution in [2.24, 2.45) is 0 Å². The van der Waals surface area contributed by atoms with Crippen molar-refractivity contribution >= 4 is 0 Å². The van der Waals surface area contributed by atoms with Gasteiger partial charge in [0.2, 0.25) is 0 Å². The maximum absolute atomic E-state index is 4.42. The Bertz CT molecular complexity index is 408. The molecule has 0 saturated carbocycles. The van der Waals surface area contributed by atoms with Gasteiger partial charge in [0.25, 0.3) is 0 Å². The first-order chi connectivity index (χ1) is 8.77. The molecule has 0 aliphatic carbocycles. The molecule has 0 N–H and O–H groups in total. The molecular formula is C16H20N2. The second-order valence-corrected chi connectivity index (χ2v) is 4.92. The smallest absolute Gasteiger partial charge is 0.0431 e. The van der Waals surface area contributed by atoms with E-state index in [0.717, 1.165) is 6.42 Å². The number of nitrogens with zero attached hydrogens (tertiary/aromatic N) is 2. The minimum Gasteiger partial charge on any atom is -0.264 e. The molecule has 0 fully saturated rings. The van der Waals surface area contributed by atoms with Crippen molar-refractivity contribution in [1.29, 1.82) is 0 Å². The van der Waals surface area contributed by atoms with Crippen molar-refractivity contribution in [3.63, 3.8) is 0 Å². The number of hydrogen-bond acceptors (Lipinski definition) is 2. The standard InChI is InChI=1S/C16H20N2/c1-13(15-6-5-10-17-12-15)8-9-14(2)16-7-3-4-11-18-16/h3-7,10-14H,8-9H2,1-2H3/t13-,14?/m1/s1. The Hall–Kier alpha value is -1.70. The molecule has 2 nitrogen and oxygen atoms in total. The van der Waals surface area contributed by atoms with E-state index in [1.165, 1.54) is 17.7 Å². The Morgan fingerprint density at radius 3 is 2.44 bits per heavy atom. The molecule has 2 aromatic rings. The van der Waals surface area contributed by atoms with Gasteiger partial charge in [-0.15, -0.1) is 0 Å². The quantitative estimate of drug-likeness (QED) is 0.784. The first-order valence-corrected chi connectivity index (χ1v) is 6.58. The normalized spacial score (nSPS) is 14.1. The summed E-state index contributed by atoms with van der Waals surface area (Å²) < 4.78 is 0. The van der Waals surface area contributed by atoms with Crippen molar-refractivity contribution in [2.75, 3.05) is 0 Å². The van der Waals surface area contributed by atoms with Crippen LogP contribution < -0.4 is 0 Å². The Morgan fingerprint density at radius 1 is 0.944 bits per heavy atom. The van der Waals surface area contributed by atoms with Crippen LogP contribution in [0, 0.1) is 0 Å². The molecule has 2 heteroatoms. The lowest BCUT2D eigenvalue weighted by Crippen LogP contribution is -2.00. The molecule has 0 aromatic carbocycles. The zero-order valence-electron chi connectivity index (χ0n) is 11.1. The number of hydrogen-bond donors (Lipinski definition) is 0. The molecule has 2 atom stereocenters. The fourth-order valence-electron chi connectivity index (χ4n) is 2.15. The topological polar surface area (TPSA) is 25.8 Å².